The standard InChI is InChI=1S/C25H38N5O9PS/c1-25(2,3)38-24(34)28-19(14-40)20(31)13-30(39-15-7-5-6-8-15)41(35,36)16-9-10-17-18(11-16)27-23(26-17)29-21(32)12-22(33)37-4/h9-11,15,19-20,31H,5-8,12-14,40H2,1-4H3,(H,28,34)(H2,26,27,29,32)/t19-,20+/m0/s1. The molecule has 16 heteroatoms. The molecular weight excluding hydrogens is 577 g/mol. The minimum absolute atomic E-state index is 0.0226. The molecule has 3 rings (SSSR count). The Balaban J connectivity index is 1.83. The summed E-state index contributed by atoms with van der Waals surface area (Å²) >= 11 is 0. The summed E-state index contributed by atoms with van der Waals surface area (Å²) in [5.74, 6) is -1.35. The Morgan fingerprint density at radius 1 is 1.24 bits per heavy atom. The molecule has 1 fully saturated rings. The highest BCUT2D eigenvalue weighted by Gasteiger charge is 2.34. The van der Waals surface area contributed by atoms with Gasteiger partial charge in [-0.3, -0.25) is 19.7 Å². The molecule has 0 bridgehead atoms. The first-order valence-electron chi connectivity index (χ1n) is 13.2. The number of nitrogens with zero attached hydrogens (tertiary/aromatic N) is 2. The van der Waals surface area contributed by atoms with Gasteiger partial charge >= 0.3 is 12.1 Å². The number of ether oxygens (including phenoxy) is 2. The van der Waals surface area contributed by atoms with Crippen molar-refractivity contribution in [3.63, 3.8) is 0 Å². The summed E-state index contributed by atoms with van der Waals surface area (Å²) < 4.78 is 38.0. The molecule has 1 unspecified atom stereocenters. The third-order valence-corrected chi connectivity index (χ3v) is 8.27. The zero-order valence-corrected chi connectivity index (χ0v) is 25.5. The largest absolute Gasteiger partial charge is 0.469 e. The average molecular weight is 616 g/mol. The number of hydroxylamine groups is 1. The number of aromatic amines is 1. The van der Waals surface area contributed by atoms with Crippen molar-refractivity contribution < 1.29 is 42.2 Å². The second-order valence-electron chi connectivity index (χ2n) is 10.6. The second-order valence-corrected chi connectivity index (χ2v) is 12.9. The number of sulfonamides is 1. The molecule has 0 aliphatic heterocycles. The van der Waals surface area contributed by atoms with Gasteiger partial charge in [-0.15, -0.1) is 9.24 Å². The quantitative estimate of drug-likeness (QED) is 0.119. The molecule has 1 aromatic heterocycles. The maximum Gasteiger partial charge on any atom is 0.407 e. The van der Waals surface area contributed by atoms with Gasteiger partial charge in [0.15, 0.2) is 0 Å². The number of amides is 2. The maximum atomic E-state index is 13.8. The highest BCUT2D eigenvalue weighted by molar-refractivity contribution is 7.89. The number of alkyl carbamates (subject to hydrolysis) is 1. The lowest BCUT2D eigenvalue weighted by Gasteiger charge is -2.30. The van der Waals surface area contributed by atoms with Crippen LogP contribution in [0.15, 0.2) is 23.1 Å². The number of esters is 1. The van der Waals surface area contributed by atoms with Crippen LogP contribution >= 0.6 is 9.24 Å². The van der Waals surface area contributed by atoms with Gasteiger partial charge in [0.1, 0.15) is 12.0 Å². The Kier molecular flexibility index (Phi) is 11.1. The molecule has 4 N–H and O–H groups in total. The van der Waals surface area contributed by atoms with Crippen molar-refractivity contribution in [1.29, 1.82) is 0 Å². The highest BCUT2D eigenvalue weighted by Crippen LogP contribution is 2.27. The van der Waals surface area contributed by atoms with Crippen LogP contribution in [0.3, 0.4) is 0 Å². The number of aliphatic hydroxyl groups is 1. The summed E-state index contributed by atoms with van der Waals surface area (Å²) in [6.45, 7) is 4.66. The fourth-order valence-electron chi connectivity index (χ4n) is 4.11. The monoisotopic (exact) mass is 615 g/mol. The van der Waals surface area contributed by atoms with Gasteiger partial charge < -0.3 is 24.9 Å². The number of nitrogens with one attached hydrogen (secondary N) is 3. The van der Waals surface area contributed by atoms with Crippen molar-refractivity contribution in [2.45, 2.75) is 81.6 Å². The number of carbonyl (C=O) groups is 3. The summed E-state index contributed by atoms with van der Waals surface area (Å²) in [6, 6.07) is 3.29. The van der Waals surface area contributed by atoms with Crippen LogP contribution < -0.4 is 10.6 Å². The summed E-state index contributed by atoms with van der Waals surface area (Å²) in [5, 5.41) is 16.0. The van der Waals surface area contributed by atoms with Gasteiger partial charge in [-0.25, -0.2) is 18.2 Å². The van der Waals surface area contributed by atoms with Crippen LogP contribution in [-0.4, -0.2) is 89.6 Å². The zero-order chi connectivity index (χ0) is 30.4. The second kappa shape index (κ2) is 13.9. The number of imidazole rings is 1. The molecule has 0 saturated heterocycles. The summed E-state index contributed by atoms with van der Waals surface area (Å²) in [6.07, 6.45) is 0.395. The lowest BCUT2D eigenvalue weighted by molar-refractivity contribution is -0.144. The molecule has 3 atom stereocenters. The number of H-pyrrole nitrogens is 1. The number of aliphatic hydroxyl groups excluding tert-OH is 1. The lowest BCUT2D eigenvalue weighted by Crippen LogP contribution is -2.51. The molecule has 1 aliphatic carbocycles. The van der Waals surface area contributed by atoms with E-state index in [4.69, 9.17) is 9.57 Å². The SMILES string of the molecule is COC(=O)CC(=O)Nc1nc2cc(S(=O)(=O)N(C[C@@H](O)[C@H](CP)NC(=O)OC(C)(C)C)OC3CCCC3)ccc2[nH]1. The molecule has 1 aromatic carbocycles. The van der Waals surface area contributed by atoms with Gasteiger partial charge in [0.25, 0.3) is 10.0 Å². The first-order valence-corrected chi connectivity index (χ1v) is 15.4. The van der Waals surface area contributed by atoms with Crippen LogP contribution in [0.4, 0.5) is 10.7 Å². The van der Waals surface area contributed by atoms with E-state index in [9.17, 15) is 27.9 Å². The third-order valence-electron chi connectivity index (χ3n) is 6.14. The Labute approximate surface area is 241 Å². The summed E-state index contributed by atoms with van der Waals surface area (Å²) in [7, 11) is -0.730. The molecule has 41 heavy (non-hydrogen) atoms. The molecule has 1 heterocycles. The number of hydrogen-bond acceptors (Lipinski definition) is 10. The van der Waals surface area contributed by atoms with Gasteiger partial charge in [0.05, 0.1) is 47.8 Å². The molecule has 0 radical (unpaired) electrons. The number of benzene rings is 1. The lowest BCUT2D eigenvalue weighted by atomic mass is 10.2. The number of carbonyl (C=O) groups excluding carboxylic acids is 3. The predicted octanol–water partition coefficient (Wildman–Crippen LogP) is 2.06. The summed E-state index contributed by atoms with van der Waals surface area (Å²) in [5.41, 5.74) is -0.0865. The van der Waals surface area contributed by atoms with Crippen LogP contribution in [0.25, 0.3) is 11.0 Å². The van der Waals surface area contributed by atoms with Crippen LogP contribution in [0.5, 0.6) is 0 Å². The smallest absolute Gasteiger partial charge is 0.407 e. The number of rotatable bonds is 12. The summed E-state index contributed by atoms with van der Waals surface area (Å²) in [4.78, 5) is 48.4. The molecule has 1 aliphatic rings. The Morgan fingerprint density at radius 3 is 2.54 bits per heavy atom. The van der Waals surface area contributed by atoms with Gasteiger partial charge in [-0.1, -0.05) is 17.3 Å². The van der Waals surface area contributed by atoms with Gasteiger partial charge in [0.2, 0.25) is 11.9 Å². The van der Waals surface area contributed by atoms with E-state index in [0.717, 1.165) is 24.4 Å². The van der Waals surface area contributed by atoms with E-state index < -0.39 is 58.7 Å². The Bertz CT molecular complexity index is 1340. The molecule has 228 valence electrons. The number of anilines is 1. The number of hydrogen-bond donors (Lipinski definition) is 4. The van der Waals surface area contributed by atoms with Gasteiger partial charge in [-0.05, 0) is 58.0 Å². The van der Waals surface area contributed by atoms with E-state index in [1.165, 1.54) is 18.2 Å². The molecule has 14 nitrogen and oxygen atoms in total. The Morgan fingerprint density at radius 2 is 1.93 bits per heavy atom. The fraction of sp³-hybridized carbons (Fsp3) is 0.600. The van der Waals surface area contributed by atoms with Gasteiger partial charge in [0, 0.05) is 0 Å². The van der Waals surface area contributed by atoms with Crippen molar-refractivity contribution in [2.75, 3.05) is 25.1 Å². The number of aromatic nitrogens is 2. The first-order chi connectivity index (χ1) is 19.2. The molecule has 2 aromatic rings. The van der Waals surface area contributed by atoms with Gasteiger partial charge in [-0.2, -0.15) is 0 Å². The number of fused-ring (bicyclic) bond motifs is 1. The highest BCUT2D eigenvalue weighted by atomic mass is 32.2. The topological polar surface area (TPSA) is 189 Å². The normalized spacial score (nSPS) is 16.0. The van der Waals surface area contributed by atoms with Crippen LogP contribution in [0.1, 0.15) is 52.9 Å². The van der Waals surface area contributed by atoms with Crippen molar-refractivity contribution >= 4 is 54.2 Å². The molecule has 0 spiro atoms. The van der Waals surface area contributed by atoms with Crippen molar-refractivity contribution in [2.24, 2.45) is 0 Å². The minimum atomic E-state index is -4.31. The molecular formula is C25H38N5O9PS. The predicted molar refractivity (Wildman–Crippen MR) is 152 cm³/mol. The first kappa shape index (κ1) is 32.7. The van der Waals surface area contributed by atoms with Crippen LogP contribution in [0, 0.1) is 0 Å². The average Bonchev–Trinajstić information content (AvgIpc) is 3.54. The van der Waals surface area contributed by atoms with Crippen molar-refractivity contribution in [3.8, 4) is 0 Å². The van der Waals surface area contributed by atoms with Crippen molar-refractivity contribution in [1.82, 2.24) is 19.8 Å². The van der Waals surface area contributed by atoms with E-state index in [0.29, 0.717) is 18.4 Å². The van der Waals surface area contributed by atoms with E-state index in [2.05, 4.69) is 34.6 Å². The minimum Gasteiger partial charge on any atom is -0.469 e. The van der Waals surface area contributed by atoms with E-state index >= 15 is 0 Å². The van der Waals surface area contributed by atoms with E-state index in [1.54, 1.807) is 20.8 Å². The van der Waals surface area contributed by atoms with E-state index in [1.807, 2.05) is 0 Å². The Hall–Kier alpha value is -2.84. The van der Waals surface area contributed by atoms with Crippen LogP contribution in [-0.2, 0) is 33.9 Å². The third kappa shape index (κ3) is 9.33. The fourth-order valence-corrected chi connectivity index (χ4v) is 5.86. The van der Waals surface area contributed by atoms with Crippen LogP contribution in [0.2, 0.25) is 0 Å². The molecule has 2 amide bonds. The number of methoxy groups -OCH3 is 1. The zero-order valence-electron chi connectivity index (χ0n) is 23.5. The molecule has 1 saturated carbocycles. The van der Waals surface area contributed by atoms with Crippen molar-refractivity contribution in [3.05, 3.63) is 18.2 Å². The maximum absolute atomic E-state index is 13.8. The van der Waals surface area contributed by atoms with E-state index in [-0.39, 0.29) is 28.6 Å².